The molecule has 0 saturated heterocycles. The van der Waals surface area contributed by atoms with E-state index in [-0.39, 0.29) is 16.4 Å². The smallest absolute Gasteiger partial charge is 0.338 e. The van der Waals surface area contributed by atoms with Gasteiger partial charge in [-0.25, -0.2) is 14.5 Å². The van der Waals surface area contributed by atoms with Gasteiger partial charge in [0.05, 0.1) is 21.3 Å². The fourth-order valence-corrected chi connectivity index (χ4v) is 2.47. The van der Waals surface area contributed by atoms with E-state index in [2.05, 4.69) is 25.8 Å². The quantitative estimate of drug-likeness (QED) is 0.647. The number of ether oxygens (including phenoxy) is 1. The highest BCUT2D eigenvalue weighted by atomic mass is 35.5. The molecule has 9 nitrogen and oxygen atoms in total. The topological polar surface area (TPSA) is 112 Å². The minimum absolute atomic E-state index is 0.139. The number of anilines is 1. The van der Waals surface area contributed by atoms with Crippen molar-refractivity contribution in [3.8, 4) is 5.69 Å². The van der Waals surface area contributed by atoms with Crippen LogP contribution < -0.4 is 5.32 Å². The molecule has 0 radical (unpaired) electrons. The predicted octanol–water partition coefficient (Wildman–Crippen LogP) is 2.47. The molecular formula is C16H12Cl2N6O3. The summed E-state index contributed by atoms with van der Waals surface area (Å²) in [5, 5.41) is 13.9. The molecule has 138 valence electrons. The third kappa shape index (κ3) is 4.39. The van der Waals surface area contributed by atoms with E-state index >= 15 is 0 Å². The van der Waals surface area contributed by atoms with Crippen LogP contribution in [0.15, 0.2) is 36.8 Å². The van der Waals surface area contributed by atoms with Crippen LogP contribution in [-0.2, 0) is 9.53 Å². The maximum absolute atomic E-state index is 12.2. The van der Waals surface area contributed by atoms with Gasteiger partial charge < -0.3 is 10.1 Å². The number of halogens is 2. The number of carbonyl (C=O) groups excluding carboxylic acids is 2. The van der Waals surface area contributed by atoms with Crippen LogP contribution in [0.2, 0.25) is 10.0 Å². The summed E-state index contributed by atoms with van der Waals surface area (Å²) in [6, 6.07) is 6.46. The van der Waals surface area contributed by atoms with E-state index in [4.69, 9.17) is 27.9 Å². The van der Waals surface area contributed by atoms with Gasteiger partial charge in [0.2, 0.25) is 0 Å². The Hall–Kier alpha value is -3.04. The van der Waals surface area contributed by atoms with Gasteiger partial charge in [-0.05, 0) is 41.1 Å². The highest BCUT2D eigenvalue weighted by Gasteiger charge is 2.14. The Kier molecular flexibility index (Phi) is 5.63. The van der Waals surface area contributed by atoms with E-state index in [1.807, 2.05) is 0 Å². The summed E-state index contributed by atoms with van der Waals surface area (Å²) in [5.41, 5.74) is 1.40. The number of aromatic nitrogens is 5. The van der Waals surface area contributed by atoms with Crippen molar-refractivity contribution in [3.63, 3.8) is 0 Å². The number of carbonyl (C=O) groups is 2. The summed E-state index contributed by atoms with van der Waals surface area (Å²) >= 11 is 12.0. The summed E-state index contributed by atoms with van der Waals surface area (Å²) in [5.74, 6) is -1.12. The fourth-order valence-electron chi connectivity index (χ4n) is 2.08. The van der Waals surface area contributed by atoms with Crippen LogP contribution in [0, 0.1) is 6.92 Å². The lowest BCUT2D eigenvalue weighted by Crippen LogP contribution is -2.21. The Morgan fingerprint density at radius 3 is 2.85 bits per heavy atom. The fraction of sp³-hybridized carbons (Fsp3) is 0.125. The Balaban J connectivity index is 1.62. The molecule has 0 bridgehead atoms. The van der Waals surface area contributed by atoms with Crippen LogP contribution in [0.25, 0.3) is 5.69 Å². The minimum Gasteiger partial charge on any atom is -0.452 e. The predicted molar refractivity (Wildman–Crippen MR) is 97.1 cm³/mol. The number of tetrazole rings is 1. The highest BCUT2D eigenvalue weighted by molar-refractivity contribution is 6.37. The number of amides is 1. The molecule has 3 rings (SSSR count). The lowest BCUT2D eigenvalue weighted by Gasteiger charge is -2.10. The molecule has 0 atom stereocenters. The second-order valence-corrected chi connectivity index (χ2v) is 6.11. The zero-order chi connectivity index (χ0) is 19.4. The van der Waals surface area contributed by atoms with Crippen molar-refractivity contribution in [3.05, 3.63) is 58.0 Å². The first-order valence-electron chi connectivity index (χ1n) is 7.56. The molecule has 0 spiro atoms. The average Bonchev–Trinajstić information content (AvgIpc) is 3.21. The van der Waals surface area contributed by atoms with E-state index in [1.165, 1.54) is 23.3 Å². The summed E-state index contributed by atoms with van der Waals surface area (Å²) in [6.45, 7) is 1.19. The number of benzene rings is 1. The van der Waals surface area contributed by atoms with Gasteiger partial charge in [-0.2, -0.15) is 0 Å². The van der Waals surface area contributed by atoms with Crippen molar-refractivity contribution in [2.45, 2.75) is 6.92 Å². The number of rotatable bonds is 5. The molecule has 11 heteroatoms. The maximum atomic E-state index is 12.2. The number of pyridine rings is 1. The van der Waals surface area contributed by atoms with Crippen LogP contribution in [0.4, 0.5) is 5.82 Å². The van der Waals surface area contributed by atoms with Gasteiger partial charge in [0, 0.05) is 6.20 Å². The number of hydrogen-bond acceptors (Lipinski definition) is 7. The summed E-state index contributed by atoms with van der Waals surface area (Å²) < 4.78 is 6.41. The van der Waals surface area contributed by atoms with Crippen molar-refractivity contribution in [2.24, 2.45) is 0 Å². The van der Waals surface area contributed by atoms with Crippen LogP contribution in [0.1, 0.15) is 15.9 Å². The molecule has 0 aliphatic rings. The molecule has 1 N–H and O–H groups in total. The van der Waals surface area contributed by atoms with Crippen molar-refractivity contribution in [1.82, 2.24) is 25.2 Å². The van der Waals surface area contributed by atoms with E-state index in [0.717, 1.165) is 0 Å². The molecular weight excluding hydrogens is 395 g/mol. The Bertz CT molecular complexity index is 994. The molecule has 0 fully saturated rings. The molecule has 0 aliphatic heterocycles. The summed E-state index contributed by atoms with van der Waals surface area (Å²) in [7, 11) is 0. The number of hydrogen-bond donors (Lipinski definition) is 1. The molecule has 1 amide bonds. The summed E-state index contributed by atoms with van der Waals surface area (Å²) in [6.07, 6.45) is 2.76. The van der Waals surface area contributed by atoms with Gasteiger partial charge in [0.25, 0.3) is 5.91 Å². The molecule has 3 aromatic rings. The molecule has 2 aromatic heterocycles. The van der Waals surface area contributed by atoms with Gasteiger partial charge >= 0.3 is 5.97 Å². The van der Waals surface area contributed by atoms with Crippen molar-refractivity contribution in [2.75, 3.05) is 11.9 Å². The van der Waals surface area contributed by atoms with Gasteiger partial charge in [0.15, 0.2) is 12.4 Å². The Morgan fingerprint density at radius 1 is 1.30 bits per heavy atom. The Morgan fingerprint density at radius 2 is 2.11 bits per heavy atom. The van der Waals surface area contributed by atoms with Crippen molar-refractivity contribution >= 4 is 40.9 Å². The van der Waals surface area contributed by atoms with Gasteiger partial charge in [-0.1, -0.05) is 29.3 Å². The van der Waals surface area contributed by atoms with Crippen molar-refractivity contribution < 1.29 is 14.3 Å². The first-order valence-corrected chi connectivity index (χ1v) is 8.32. The Labute approximate surface area is 163 Å². The molecule has 0 aliphatic carbocycles. The second kappa shape index (κ2) is 8.11. The third-order valence-corrected chi connectivity index (χ3v) is 4.33. The monoisotopic (exact) mass is 406 g/mol. The van der Waals surface area contributed by atoms with Crippen molar-refractivity contribution in [1.29, 1.82) is 0 Å². The van der Waals surface area contributed by atoms with Crippen LogP contribution in [-0.4, -0.2) is 43.7 Å². The van der Waals surface area contributed by atoms with Gasteiger partial charge in [0.1, 0.15) is 6.33 Å². The molecule has 0 unspecified atom stereocenters. The molecule has 2 heterocycles. The highest BCUT2D eigenvalue weighted by Crippen LogP contribution is 2.28. The first kappa shape index (κ1) is 18.7. The third-order valence-electron chi connectivity index (χ3n) is 3.49. The van der Waals surface area contributed by atoms with E-state index in [1.54, 1.807) is 25.1 Å². The zero-order valence-corrected chi connectivity index (χ0v) is 15.4. The molecule has 1 aromatic carbocycles. The van der Waals surface area contributed by atoms with Gasteiger partial charge in [-0.15, -0.1) is 5.10 Å². The number of esters is 1. The standard InChI is InChI=1S/C16H12Cl2N6O3/c1-9-12(17)6-19-15(14(9)18)21-13(25)7-27-16(26)10-3-2-4-11(5-10)24-8-20-22-23-24/h2-6,8H,7H2,1H3,(H,19,21,25). The van der Waals surface area contributed by atoms with E-state index in [9.17, 15) is 9.59 Å². The lowest BCUT2D eigenvalue weighted by molar-refractivity contribution is -0.119. The number of nitrogens with zero attached hydrogens (tertiary/aromatic N) is 5. The lowest BCUT2D eigenvalue weighted by atomic mass is 10.2. The average molecular weight is 407 g/mol. The number of nitrogens with one attached hydrogen (secondary N) is 1. The SMILES string of the molecule is Cc1c(Cl)cnc(NC(=O)COC(=O)c2cccc(-n3cnnn3)c2)c1Cl. The normalized spacial score (nSPS) is 10.5. The van der Waals surface area contributed by atoms with Crippen LogP contribution in [0.3, 0.4) is 0 Å². The zero-order valence-electron chi connectivity index (χ0n) is 13.9. The maximum Gasteiger partial charge on any atom is 0.338 e. The first-order chi connectivity index (χ1) is 13.0. The van der Waals surface area contributed by atoms with Crippen LogP contribution >= 0.6 is 23.2 Å². The second-order valence-electron chi connectivity index (χ2n) is 5.32. The minimum atomic E-state index is -0.675. The molecule has 27 heavy (non-hydrogen) atoms. The summed E-state index contributed by atoms with van der Waals surface area (Å²) in [4.78, 5) is 28.1. The van der Waals surface area contributed by atoms with Crippen LogP contribution in [0.5, 0.6) is 0 Å². The van der Waals surface area contributed by atoms with E-state index < -0.39 is 18.5 Å². The van der Waals surface area contributed by atoms with Gasteiger partial charge in [-0.3, -0.25) is 4.79 Å². The van der Waals surface area contributed by atoms with E-state index in [0.29, 0.717) is 16.3 Å². The molecule has 0 saturated carbocycles. The largest absolute Gasteiger partial charge is 0.452 e.